The highest BCUT2D eigenvalue weighted by molar-refractivity contribution is 7.84. The van der Waals surface area contributed by atoms with Crippen LogP contribution in [0.2, 0.25) is 5.02 Å². The highest BCUT2D eigenvalue weighted by Crippen LogP contribution is 2.25. The molecule has 0 aromatic heterocycles. The first kappa shape index (κ1) is 13.7. The molecule has 0 heterocycles. The molecule has 0 aliphatic heterocycles. The lowest BCUT2D eigenvalue weighted by molar-refractivity contribution is -0.387. The van der Waals surface area contributed by atoms with E-state index >= 15 is 0 Å². The van der Waals surface area contributed by atoms with Crippen molar-refractivity contribution in [1.82, 2.24) is 0 Å². The molecule has 98 valence electrons. The zero-order valence-corrected chi connectivity index (χ0v) is 11.4. The molecule has 1 atom stereocenters. The van der Waals surface area contributed by atoms with Crippen LogP contribution in [-0.2, 0) is 16.6 Å². The summed E-state index contributed by atoms with van der Waals surface area (Å²) in [5.74, 6) is 0.157. The molecule has 0 fully saturated rings. The SMILES string of the molecule is O=[N+]([O-])c1ccccc1[S@@](=O)Cc1ccccc1Cl. The second-order valence-corrected chi connectivity index (χ2v) is 5.63. The Morgan fingerprint density at radius 3 is 2.42 bits per heavy atom. The molecule has 0 unspecified atom stereocenters. The third kappa shape index (κ3) is 3.19. The molecule has 0 spiro atoms. The van der Waals surface area contributed by atoms with Crippen LogP contribution in [0.1, 0.15) is 5.56 Å². The minimum atomic E-state index is -1.50. The van der Waals surface area contributed by atoms with Gasteiger partial charge in [0.25, 0.3) is 5.69 Å². The molecule has 0 aliphatic carbocycles. The quantitative estimate of drug-likeness (QED) is 0.640. The van der Waals surface area contributed by atoms with Gasteiger partial charge in [-0.05, 0) is 17.7 Å². The van der Waals surface area contributed by atoms with E-state index in [1.165, 1.54) is 12.1 Å². The number of nitro groups is 1. The molecule has 0 radical (unpaired) electrons. The normalized spacial score (nSPS) is 12.1. The molecule has 0 amide bonds. The van der Waals surface area contributed by atoms with Gasteiger partial charge in [-0.15, -0.1) is 0 Å². The lowest BCUT2D eigenvalue weighted by Gasteiger charge is -2.05. The van der Waals surface area contributed by atoms with Gasteiger partial charge in [-0.1, -0.05) is 41.9 Å². The Bertz CT molecular complexity index is 645. The Labute approximate surface area is 117 Å². The zero-order chi connectivity index (χ0) is 13.8. The molecular formula is C13H10ClNO3S. The minimum absolute atomic E-state index is 0.132. The van der Waals surface area contributed by atoms with Gasteiger partial charge in [-0.3, -0.25) is 14.3 Å². The molecule has 4 nitrogen and oxygen atoms in total. The first-order valence-electron chi connectivity index (χ1n) is 5.45. The molecule has 2 rings (SSSR count). The molecule has 0 saturated heterocycles. The van der Waals surface area contributed by atoms with Crippen LogP contribution in [0.5, 0.6) is 0 Å². The summed E-state index contributed by atoms with van der Waals surface area (Å²) in [4.78, 5) is 10.6. The molecule has 6 heteroatoms. The van der Waals surface area contributed by atoms with Crippen molar-refractivity contribution in [3.05, 3.63) is 69.2 Å². The zero-order valence-electron chi connectivity index (χ0n) is 9.78. The van der Waals surface area contributed by atoms with Gasteiger partial charge in [-0.25, -0.2) is 0 Å². The van der Waals surface area contributed by atoms with E-state index in [2.05, 4.69) is 0 Å². The van der Waals surface area contributed by atoms with Gasteiger partial charge in [-0.2, -0.15) is 0 Å². The smallest absolute Gasteiger partial charge is 0.258 e. The van der Waals surface area contributed by atoms with Gasteiger partial charge in [0.15, 0.2) is 0 Å². The average molecular weight is 296 g/mol. The number of rotatable bonds is 4. The number of para-hydroxylation sites is 1. The minimum Gasteiger partial charge on any atom is -0.258 e. The molecule has 2 aromatic carbocycles. The van der Waals surface area contributed by atoms with Crippen molar-refractivity contribution in [3.63, 3.8) is 0 Å². The van der Waals surface area contributed by atoms with Gasteiger partial charge in [0.05, 0.1) is 21.5 Å². The molecule has 0 saturated carbocycles. The van der Waals surface area contributed by atoms with E-state index in [9.17, 15) is 14.3 Å². The van der Waals surface area contributed by atoms with E-state index in [4.69, 9.17) is 11.6 Å². The van der Waals surface area contributed by atoms with E-state index in [-0.39, 0.29) is 16.3 Å². The van der Waals surface area contributed by atoms with Gasteiger partial charge >= 0.3 is 0 Å². The Morgan fingerprint density at radius 2 is 1.74 bits per heavy atom. The summed E-state index contributed by atoms with van der Waals surface area (Å²) in [6.07, 6.45) is 0. The summed E-state index contributed by atoms with van der Waals surface area (Å²) in [6.45, 7) is 0. The maximum atomic E-state index is 12.2. The van der Waals surface area contributed by atoms with Gasteiger partial charge in [0.1, 0.15) is 4.90 Å². The van der Waals surface area contributed by atoms with Gasteiger partial charge < -0.3 is 0 Å². The van der Waals surface area contributed by atoms with Crippen molar-refractivity contribution < 1.29 is 9.13 Å². The van der Waals surface area contributed by atoms with Crippen molar-refractivity contribution in [2.45, 2.75) is 10.6 Å². The van der Waals surface area contributed by atoms with Crippen molar-refractivity contribution >= 4 is 28.1 Å². The number of nitro benzene ring substituents is 1. The van der Waals surface area contributed by atoms with Crippen LogP contribution in [0.25, 0.3) is 0 Å². The average Bonchev–Trinajstić information content (AvgIpc) is 2.41. The predicted octanol–water partition coefficient (Wildman–Crippen LogP) is 3.56. The van der Waals surface area contributed by atoms with Crippen LogP contribution >= 0.6 is 11.6 Å². The topological polar surface area (TPSA) is 60.2 Å². The first-order chi connectivity index (χ1) is 9.09. The lowest BCUT2D eigenvalue weighted by atomic mass is 10.2. The number of benzene rings is 2. The highest BCUT2D eigenvalue weighted by atomic mass is 35.5. The summed E-state index contributed by atoms with van der Waals surface area (Å²) >= 11 is 5.99. The fourth-order valence-corrected chi connectivity index (χ4v) is 3.21. The Kier molecular flexibility index (Phi) is 4.29. The lowest BCUT2D eigenvalue weighted by Crippen LogP contribution is -2.01. The van der Waals surface area contributed by atoms with E-state index in [1.54, 1.807) is 36.4 Å². The van der Waals surface area contributed by atoms with Crippen LogP contribution in [0, 0.1) is 10.1 Å². The van der Waals surface area contributed by atoms with E-state index in [0.29, 0.717) is 10.6 Å². The summed E-state index contributed by atoms with van der Waals surface area (Å²) in [5, 5.41) is 11.4. The second-order valence-electron chi connectivity index (χ2n) is 3.81. The van der Waals surface area contributed by atoms with E-state index in [0.717, 1.165) is 0 Å². The van der Waals surface area contributed by atoms with Crippen LogP contribution in [0.15, 0.2) is 53.4 Å². The second kappa shape index (κ2) is 5.95. The summed E-state index contributed by atoms with van der Waals surface area (Å²) in [7, 11) is -1.50. The highest BCUT2D eigenvalue weighted by Gasteiger charge is 2.18. The molecule has 0 N–H and O–H groups in total. The fraction of sp³-hybridized carbons (Fsp3) is 0.0769. The molecule has 2 aromatic rings. The predicted molar refractivity (Wildman–Crippen MR) is 74.7 cm³/mol. The summed E-state index contributed by atoms with van der Waals surface area (Å²) < 4.78 is 12.2. The first-order valence-corrected chi connectivity index (χ1v) is 7.14. The van der Waals surface area contributed by atoms with Crippen molar-refractivity contribution in [3.8, 4) is 0 Å². The van der Waals surface area contributed by atoms with Crippen LogP contribution in [0.4, 0.5) is 5.69 Å². The van der Waals surface area contributed by atoms with Gasteiger partial charge in [0.2, 0.25) is 0 Å². The van der Waals surface area contributed by atoms with Crippen molar-refractivity contribution in [1.29, 1.82) is 0 Å². The Balaban J connectivity index is 2.31. The Hall–Kier alpha value is -1.72. The number of hydrogen-bond acceptors (Lipinski definition) is 3. The number of halogens is 1. The molecular weight excluding hydrogens is 286 g/mol. The van der Waals surface area contributed by atoms with Gasteiger partial charge in [0, 0.05) is 11.1 Å². The molecule has 0 bridgehead atoms. The number of hydrogen-bond donors (Lipinski definition) is 0. The maximum Gasteiger partial charge on any atom is 0.285 e. The van der Waals surface area contributed by atoms with E-state index < -0.39 is 15.7 Å². The molecule has 19 heavy (non-hydrogen) atoms. The number of nitrogens with zero attached hydrogens (tertiary/aromatic N) is 1. The van der Waals surface area contributed by atoms with Crippen molar-refractivity contribution in [2.24, 2.45) is 0 Å². The maximum absolute atomic E-state index is 12.2. The van der Waals surface area contributed by atoms with Crippen LogP contribution in [0.3, 0.4) is 0 Å². The fourth-order valence-electron chi connectivity index (χ4n) is 1.63. The van der Waals surface area contributed by atoms with E-state index in [1.807, 2.05) is 0 Å². The van der Waals surface area contributed by atoms with Crippen LogP contribution < -0.4 is 0 Å². The third-order valence-corrected chi connectivity index (χ3v) is 4.33. The molecule has 0 aliphatic rings. The van der Waals surface area contributed by atoms with Crippen LogP contribution in [-0.4, -0.2) is 9.13 Å². The monoisotopic (exact) mass is 295 g/mol. The largest absolute Gasteiger partial charge is 0.285 e. The summed E-state index contributed by atoms with van der Waals surface area (Å²) in [6, 6.07) is 13.1. The Morgan fingerprint density at radius 1 is 1.11 bits per heavy atom. The standard InChI is InChI=1S/C13H10ClNO3S/c14-11-6-2-1-5-10(11)9-19(18)13-8-4-3-7-12(13)15(16)17/h1-8H,9H2/t19-/m0/s1. The van der Waals surface area contributed by atoms with Crippen molar-refractivity contribution in [2.75, 3.05) is 0 Å². The third-order valence-electron chi connectivity index (χ3n) is 2.55. The summed E-state index contributed by atoms with van der Waals surface area (Å²) in [5.41, 5.74) is 0.577.